The van der Waals surface area contributed by atoms with Crippen LogP contribution in [0.1, 0.15) is 47.2 Å². The highest BCUT2D eigenvalue weighted by Crippen LogP contribution is 2.38. The molecular formula is C29H29N3O3. The molecule has 6 nitrogen and oxygen atoms in total. The second-order valence-electron chi connectivity index (χ2n) is 9.12. The van der Waals surface area contributed by atoms with Crippen LogP contribution in [0, 0.1) is 11.3 Å². The molecule has 0 amide bonds. The monoisotopic (exact) mass is 467 g/mol. The van der Waals surface area contributed by atoms with Gasteiger partial charge < -0.3 is 19.5 Å². The summed E-state index contributed by atoms with van der Waals surface area (Å²) in [5.41, 5.74) is 4.83. The molecule has 1 fully saturated rings. The third-order valence-corrected chi connectivity index (χ3v) is 7.05. The number of ether oxygens (including phenoxy) is 2. The molecule has 0 saturated carbocycles. The number of piperidine rings is 1. The lowest BCUT2D eigenvalue weighted by molar-refractivity contribution is -0.0254. The highest BCUT2D eigenvalue weighted by Gasteiger charge is 2.33. The van der Waals surface area contributed by atoms with E-state index in [1.807, 2.05) is 36.4 Å². The van der Waals surface area contributed by atoms with Crippen LogP contribution < -0.4 is 9.47 Å². The number of nitriles is 1. The Labute approximate surface area is 206 Å². The Bertz CT molecular complexity index is 1270. The van der Waals surface area contributed by atoms with Crippen LogP contribution in [-0.2, 0) is 12.2 Å². The van der Waals surface area contributed by atoms with Gasteiger partial charge in [0.15, 0.2) is 0 Å². The van der Waals surface area contributed by atoms with Crippen LogP contribution in [-0.4, -0.2) is 41.7 Å². The minimum absolute atomic E-state index is 0.437. The SMILES string of the molecule is COc1ccc2c(c1)C(=CCCN1CCC(O)(c3ccc(C#N)cc3)CC1)c1cccnc1CO2. The fourth-order valence-electron chi connectivity index (χ4n) is 4.96. The van der Waals surface area contributed by atoms with E-state index in [1.54, 1.807) is 25.4 Å². The summed E-state index contributed by atoms with van der Waals surface area (Å²) in [6, 6.07) is 19.4. The molecule has 0 unspecified atom stereocenters. The largest absolute Gasteiger partial charge is 0.497 e. The van der Waals surface area contributed by atoms with Gasteiger partial charge in [-0.3, -0.25) is 4.98 Å². The number of rotatable bonds is 5. The molecule has 3 heterocycles. The Hall–Kier alpha value is -3.66. The third kappa shape index (κ3) is 4.79. The minimum atomic E-state index is -0.832. The van der Waals surface area contributed by atoms with Crippen LogP contribution in [0.3, 0.4) is 0 Å². The number of aromatic nitrogens is 1. The van der Waals surface area contributed by atoms with Crippen molar-refractivity contribution in [3.8, 4) is 17.6 Å². The Morgan fingerprint density at radius 1 is 1.14 bits per heavy atom. The number of aliphatic hydroxyl groups is 1. The lowest BCUT2D eigenvalue weighted by Crippen LogP contribution is -2.42. The van der Waals surface area contributed by atoms with Crippen molar-refractivity contribution in [2.24, 2.45) is 0 Å². The Morgan fingerprint density at radius 2 is 1.94 bits per heavy atom. The number of pyridine rings is 1. The number of benzene rings is 2. The number of fused-ring (bicyclic) bond motifs is 2. The molecule has 178 valence electrons. The van der Waals surface area contributed by atoms with Gasteiger partial charge in [-0.15, -0.1) is 0 Å². The molecule has 2 aliphatic heterocycles. The first-order chi connectivity index (χ1) is 17.1. The number of hydrogen-bond donors (Lipinski definition) is 1. The smallest absolute Gasteiger partial charge is 0.131 e. The van der Waals surface area contributed by atoms with Crippen LogP contribution >= 0.6 is 0 Å². The molecule has 1 N–H and O–H groups in total. The zero-order chi connectivity index (χ0) is 24.3. The van der Waals surface area contributed by atoms with Crippen LogP contribution in [0.25, 0.3) is 5.57 Å². The summed E-state index contributed by atoms with van der Waals surface area (Å²) in [4.78, 5) is 6.96. The highest BCUT2D eigenvalue weighted by molar-refractivity contribution is 5.85. The van der Waals surface area contributed by atoms with Gasteiger partial charge in [-0.25, -0.2) is 0 Å². The van der Waals surface area contributed by atoms with E-state index in [1.165, 1.54) is 0 Å². The maximum absolute atomic E-state index is 11.2. The summed E-state index contributed by atoms with van der Waals surface area (Å²) in [5, 5.41) is 20.2. The molecule has 0 aliphatic carbocycles. The van der Waals surface area contributed by atoms with Crippen molar-refractivity contribution >= 4 is 5.57 Å². The van der Waals surface area contributed by atoms with Gasteiger partial charge in [0.1, 0.15) is 18.1 Å². The molecule has 1 aromatic heterocycles. The van der Waals surface area contributed by atoms with E-state index in [2.05, 4.69) is 28.1 Å². The average Bonchev–Trinajstić information content (AvgIpc) is 3.06. The van der Waals surface area contributed by atoms with Crippen molar-refractivity contribution in [3.05, 3.63) is 94.8 Å². The predicted molar refractivity (Wildman–Crippen MR) is 134 cm³/mol. The fourth-order valence-corrected chi connectivity index (χ4v) is 4.96. The average molecular weight is 468 g/mol. The normalized spacial score (nSPS) is 18.0. The lowest BCUT2D eigenvalue weighted by Gasteiger charge is -2.38. The van der Waals surface area contributed by atoms with Gasteiger partial charge in [-0.2, -0.15) is 5.26 Å². The summed E-state index contributed by atoms with van der Waals surface area (Å²) >= 11 is 0. The highest BCUT2D eigenvalue weighted by atomic mass is 16.5. The van der Waals surface area contributed by atoms with Crippen LogP contribution in [0.4, 0.5) is 0 Å². The quantitative estimate of drug-likeness (QED) is 0.588. The molecular weight excluding hydrogens is 438 g/mol. The Morgan fingerprint density at radius 3 is 2.69 bits per heavy atom. The molecule has 35 heavy (non-hydrogen) atoms. The summed E-state index contributed by atoms with van der Waals surface area (Å²) in [5.74, 6) is 1.63. The molecule has 0 bridgehead atoms. The van der Waals surface area contributed by atoms with Crippen molar-refractivity contribution in [1.82, 2.24) is 9.88 Å². The summed E-state index contributed by atoms with van der Waals surface area (Å²) in [6.07, 6.45) is 6.30. The number of methoxy groups -OCH3 is 1. The molecule has 6 heteroatoms. The summed E-state index contributed by atoms with van der Waals surface area (Å²) in [7, 11) is 1.67. The number of likely N-dealkylation sites (tertiary alicyclic amines) is 1. The van der Waals surface area contributed by atoms with Gasteiger partial charge in [-0.05, 0) is 66.8 Å². The zero-order valence-electron chi connectivity index (χ0n) is 19.9. The Balaban J connectivity index is 1.30. The first-order valence-corrected chi connectivity index (χ1v) is 12.0. The first kappa shape index (κ1) is 23.1. The third-order valence-electron chi connectivity index (χ3n) is 7.05. The molecule has 1 saturated heterocycles. The molecule has 2 aliphatic rings. The molecule has 2 aromatic carbocycles. The molecule has 0 atom stereocenters. The van der Waals surface area contributed by atoms with Crippen molar-refractivity contribution in [2.75, 3.05) is 26.7 Å². The summed E-state index contributed by atoms with van der Waals surface area (Å²) < 4.78 is 11.5. The van der Waals surface area contributed by atoms with Crippen LogP contribution in [0.5, 0.6) is 11.5 Å². The van der Waals surface area contributed by atoms with E-state index < -0.39 is 5.60 Å². The molecule has 3 aromatic rings. The van der Waals surface area contributed by atoms with Gasteiger partial charge in [0.25, 0.3) is 0 Å². The van der Waals surface area contributed by atoms with Gasteiger partial charge >= 0.3 is 0 Å². The number of hydrogen-bond acceptors (Lipinski definition) is 6. The van der Waals surface area contributed by atoms with Gasteiger partial charge in [-0.1, -0.05) is 24.3 Å². The van der Waals surface area contributed by atoms with Crippen molar-refractivity contribution < 1.29 is 14.6 Å². The molecule has 5 rings (SSSR count). The minimum Gasteiger partial charge on any atom is -0.497 e. The predicted octanol–water partition coefficient (Wildman–Crippen LogP) is 4.66. The molecule has 0 spiro atoms. The maximum atomic E-state index is 11.2. The first-order valence-electron chi connectivity index (χ1n) is 12.0. The van der Waals surface area contributed by atoms with E-state index >= 15 is 0 Å². The van der Waals surface area contributed by atoms with E-state index in [9.17, 15) is 5.11 Å². The maximum Gasteiger partial charge on any atom is 0.131 e. The number of nitrogens with zero attached hydrogens (tertiary/aromatic N) is 3. The molecule has 0 radical (unpaired) electrons. The van der Waals surface area contributed by atoms with Gasteiger partial charge in [0.05, 0.1) is 30.0 Å². The van der Waals surface area contributed by atoms with E-state index in [0.717, 1.165) is 65.5 Å². The second-order valence-corrected chi connectivity index (χ2v) is 9.12. The summed E-state index contributed by atoms with van der Waals surface area (Å²) in [6.45, 7) is 2.99. The van der Waals surface area contributed by atoms with Gasteiger partial charge in [0, 0.05) is 37.0 Å². The van der Waals surface area contributed by atoms with Crippen molar-refractivity contribution in [1.29, 1.82) is 5.26 Å². The lowest BCUT2D eigenvalue weighted by atomic mass is 9.84. The van der Waals surface area contributed by atoms with Gasteiger partial charge in [0.2, 0.25) is 0 Å². The van der Waals surface area contributed by atoms with E-state index in [4.69, 9.17) is 14.7 Å². The Kier molecular flexibility index (Phi) is 6.54. The zero-order valence-corrected chi connectivity index (χ0v) is 19.9. The van der Waals surface area contributed by atoms with Crippen molar-refractivity contribution in [3.63, 3.8) is 0 Å². The second kappa shape index (κ2) is 9.91. The van der Waals surface area contributed by atoms with E-state index in [0.29, 0.717) is 25.0 Å². The van der Waals surface area contributed by atoms with Crippen molar-refractivity contribution in [2.45, 2.75) is 31.5 Å². The topological polar surface area (TPSA) is 78.6 Å². The van der Waals surface area contributed by atoms with E-state index in [-0.39, 0.29) is 0 Å². The van der Waals surface area contributed by atoms with Crippen LogP contribution in [0.15, 0.2) is 66.9 Å². The van der Waals surface area contributed by atoms with Crippen LogP contribution in [0.2, 0.25) is 0 Å². The standard InChI is InChI=1S/C29H29N3O3/c1-34-23-10-11-28-26(18-23)24(25-4-2-14-31-27(25)20-35-28)5-3-15-32-16-12-29(33,13-17-32)22-8-6-21(19-30)7-9-22/h2,4-11,14,18,33H,3,12-13,15-17,20H2,1H3. The fraction of sp³-hybridized carbons (Fsp3) is 0.310.